The molecule has 3 nitrogen and oxygen atoms in total. The number of rotatable bonds is 4. The Kier molecular flexibility index (Phi) is 4.68. The number of phenols is 1. The lowest BCUT2D eigenvalue weighted by Crippen LogP contribution is -2.07. The number of hydrogen-bond acceptors (Lipinski definition) is 4. The first kappa shape index (κ1) is 13.7. The quantitative estimate of drug-likeness (QED) is 0.857. The molecule has 1 aliphatic heterocycles. The van der Waals surface area contributed by atoms with Crippen LogP contribution in [0, 0.1) is 0 Å². The van der Waals surface area contributed by atoms with Crippen molar-refractivity contribution in [2.75, 3.05) is 19.4 Å². The number of hydrogen-bond donors (Lipinski definition) is 1. The summed E-state index contributed by atoms with van der Waals surface area (Å²) in [5, 5.41) is 10.8. The Morgan fingerprint density at radius 2 is 2.42 bits per heavy atom. The van der Waals surface area contributed by atoms with Gasteiger partial charge in [-0.1, -0.05) is 18.2 Å². The number of aliphatic imine (C=N–C) groups is 1. The summed E-state index contributed by atoms with van der Waals surface area (Å²) >= 11 is 1.68. The van der Waals surface area contributed by atoms with Crippen LogP contribution in [0.15, 0.2) is 48.0 Å². The van der Waals surface area contributed by atoms with Gasteiger partial charge in [-0.15, -0.1) is 18.3 Å². The average Bonchev–Trinajstić information content (AvgIpc) is 2.45. The second-order valence-electron chi connectivity index (χ2n) is 4.18. The van der Waals surface area contributed by atoms with Crippen LogP contribution in [0.2, 0.25) is 0 Å². The lowest BCUT2D eigenvalue weighted by Gasteiger charge is -2.16. The molecule has 0 saturated heterocycles. The van der Waals surface area contributed by atoms with Crippen LogP contribution in [-0.4, -0.2) is 29.6 Å². The summed E-state index contributed by atoms with van der Waals surface area (Å²) in [4.78, 5) is 4.53. The number of nitrogens with zero attached hydrogens (tertiary/aromatic N) is 1. The second kappa shape index (κ2) is 6.48. The Morgan fingerprint density at radius 3 is 3.00 bits per heavy atom. The molecular weight excluding hydrogens is 258 g/mol. The normalized spacial score (nSPS) is 17.9. The number of benzene rings is 1. The van der Waals surface area contributed by atoms with E-state index in [4.69, 9.17) is 4.74 Å². The predicted octanol–water partition coefficient (Wildman–Crippen LogP) is 3.37. The predicted molar refractivity (Wildman–Crippen MR) is 81.5 cm³/mol. The highest BCUT2D eigenvalue weighted by molar-refractivity contribution is 8.14. The van der Waals surface area contributed by atoms with Gasteiger partial charge in [-0.05, 0) is 23.8 Å². The first-order valence-corrected chi connectivity index (χ1v) is 7.06. The fourth-order valence-electron chi connectivity index (χ4n) is 1.89. The molecule has 1 heterocycles. The van der Waals surface area contributed by atoms with Crippen LogP contribution in [0.1, 0.15) is 11.5 Å². The van der Waals surface area contributed by atoms with Gasteiger partial charge in [0.2, 0.25) is 0 Å². The van der Waals surface area contributed by atoms with E-state index in [2.05, 4.69) is 17.6 Å². The van der Waals surface area contributed by atoms with Crippen molar-refractivity contribution < 1.29 is 9.84 Å². The molecule has 0 aliphatic carbocycles. The molecule has 1 N–H and O–H groups in total. The van der Waals surface area contributed by atoms with Gasteiger partial charge in [0.05, 0.1) is 18.7 Å². The van der Waals surface area contributed by atoms with Crippen molar-refractivity contribution in [3.05, 3.63) is 48.6 Å². The summed E-state index contributed by atoms with van der Waals surface area (Å²) < 4.78 is 5.04. The Labute approximate surface area is 117 Å². The minimum atomic E-state index is 0.171. The first-order chi connectivity index (χ1) is 9.24. The van der Waals surface area contributed by atoms with Crippen LogP contribution >= 0.6 is 11.8 Å². The van der Waals surface area contributed by atoms with Gasteiger partial charge >= 0.3 is 0 Å². The number of ether oxygens (including phenoxy) is 1. The number of phenolic OH excluding ortho intramolecular Hbond substituents is 1. The highest BCUT2D eigenvalue weighted by atomic mass is 32.2. The van der Waals surface area contributed by atoms with E-state index in [9.17, 15) is 5.11 Å². The molecular formula is C15H17NO2S. The van der Waals surface area contributed by atoms with Gasteiger partial charge in [-0.3, -0.25) is 4.99 Å². The summed E-state index contributed by atoms with van der Waals surface area (Å²) in [7, 11) is 1.54. The molecule has 1 aliphatic rings. The van der Waals surface area contributed by atoms with Gasteiger partial charge in [-0.2, -0.15) is 0 Å². The van der Waals surface area contributed by atoms with Crippen LogP contribution in [0.5, 0.6) is 11.5 Å². The zero-order chi connectivity index (χ0) is 13.7. The lowest BCUT2D eigenvalue weighted by atomic mass is 9.97. The first-order valence-electron chi connectivity index (χ1n) is 6.08. The molecule has 2 rings (SSSR count). The molecule has 0 bridgehead atoms. The second-order valence-corrected chi connectivity index (χ2v) is 5.22. The van der Waals surface area contributed by atoms with E-state index in [1.165, 1.54) is 0 Å². The lowest BCUT2D eigenvalue weighted by molar-refractivity contribution is 0.373. The van der Waals surface area contributed by atoms with E-state index in [-0.39, 0.29) is 11.7 Å². The van der Waals surface area contributed by atoms with E-state index < -0.39 is 0 Å². The Hall–Kier alpha value is -1.68. The van der Waals surface area contributed by atoms with Gasteiger partial charge in [-0.25, -0.2) is 0 Å². The summed E-state index contributed by atoms with van der Waals surface area (Å²) in [6.45, 7) is 4.40. The minimum absolute atomic E-state index is 0.171. The van der Waals surface area contributed by atoms with E-state index in [1.54, 1.807) is 31.0 Å². The molecule has 1 atom stereocenters. The molecule has 19 heavy (non-hydrogen) atoms. The summed E-state index contributed by atoms with van der Waals surface area (Å²) in [6.07, 6.45) is 6.03. The van der Waals surface area contributed by atoms with E-state index in [0.717, 1.165) is 16.4 Å². The molecule has 1 aromatic rings. The van der Waals surface area contributed by atoms with Gasteiger partial charge < -0.3 is 9.84 Å². The summed E-state index contributed by atoms with van der Waals surface area (Å²) in [5.41, 5.74) is 1.05. The molecule has 1 aromatic carbocycles. The molecule has 100 valence electrons. The van der Waals surface area contributed by atoms with Gasteiger partial charge in [0.1, 0.15) is 0 Å². The van der Waals surface area contributed by atoms with Crippen molar-refractivity contribution in [3.8, 4) is 11.5 Å². The molecule has 0 spiro atoms. The van der Waals surface area contributed by atoms with Crippen LogP contribution in [-0.2, 0) is 0 Å². The van der Waals surface area contributed by atoms with Crippen molar-refractivity contribution in [2.24, 2.45) is 4.99 Å². The van der Waals surface area contributed by atoms with E-state index in [1.807, 2.05) is 18.2 Å². The topological polar surface area (TPSA) is 41.8 Å². The molecule has 4 heteroatoms. The average molecular weight is 275 g/mol. The SMILES string of the molecule is C=CCSC1=NCC(c2ccc(OC)c(O)c2)C=C1. The van der Waals surface area contributed by atoms with Crippen molar-refractivity contribution in [3.63, 3.8) is 0 Å². The zero-order valence-electron chi connectivity index (χ0n) is 10.9. The maximum Gasteiger partial charge on any atom is 0.160 e. The maximum atomic E-state index is 9.79. The smallest absolute Gasteiger partial charge is 0.160 e. The standard InChI is InChI=1S/C15H17NO2S/c1-3-8-19-15-7-5-12(10-16-15)11-4-6-14(18-2)13(17)9-11/h3-7,9,12,17H,1,8,10H2,2H3. The third-order valence-corrected chi connectivity index (χ3v) is 3.86. The van der Waals surface area contributed by atoms with Crippen LogP contribution in [0.3, 0.4) is 0 Å². The zero-order valence-corrected chi connectivity index (χ0v) is 11.7. The minimum Gasteiger partial charge on any atom is -0.504 e. The summed E-state index contributed by atoms with van der Waals surface area (Å²) in [6, 6.07) is 5.49. The Balaban J connectivity index is 2.06. The molecule has 0 fully saturated rings. The fraction of sp³-hybridized carbons (Fsp3) is 0.267. The number of dihydropyridines is 1. The van der Waals surface area contributed by atoms with Crippen LogP contribution in [0.25, 0.3) is 0 Å². The highest BCUT2D eigenvalue weighted by Gasteiger charge is 2.14. The van der Waals surface area contributed by atoms with Gasteiger partial charge in [0.15, 0.2) is 11.5 Å². The van der Waals surface area contributed by atoms with E-state index in [0.29, 0.717) is 12.3 Å². The molecule has 0 saturated carbocycles. The molecule has 0 aromatic heterocycles. The van der Waals surface area contributed by atoms with Gasteiger partial charge in [0.25, 0.3) is 0 Å². The third kappa shape index (κ3) is 3.41. The fourth-order valence-corrected chi connectivity index (χ4v) is 2.52. The van der Waals surface area contributed by atoms with Crippen molar-refractivity contribution in [1.82, 2.24) is 0 Å². The molecule has 1 unspecified atom stereocenters. The van der Waals surface area contributed by atoms with Crippen LogP contribution in [0.4, 0.5) is 0 Å². The monoisotopic (exact) mass is 275 g/mol. The maximum absolute atomic E-state index is 9.79. The van der Waals surface area contributed by atoms with Crippen molar-refractivity contribution >= 4 is 16.8 Å². The van der Waals surface area contributed by atoms with E-state index >= 15 is 0 Å². The van der Waals surface area contributed by atoms with Crippen molar-refractivity contribution in [2.45, 2.75) is 5.92 Å². The Morgan fingerprint density at radius 1 is 1.58 bits per heavy atom. The molecule has 0 amide bonds. The summed E-state index contributed by atoms with van der Waals surface area (Å²) in [5.74, 6) is 1.75. The Bertz CT molecular complexity index is 523. The van der Waals surface area contributed by atoms with Gasteiger partial charge in [0, 0.05) is 11.7 Å². The largest absolute Gasteiger partial charge is 0.504 e. The van der Waals surface area contributed by atoms with Crippen molar-refractivity contribution in [1.29, 1.82) is 0 Å². The number of aromatic hydroxyl groups is 1. The number of thioether (sulfide) groups is 1. The number of methoxy groups -OCH3 is 1. The third-order valence-electron chi connectivity index (χ3n) is 2.90. The molecule has 0 radical (unpaired) electrons. The highest BCUT2D eigenvalue weighted by Crippen LogP contribution is 2.31. The van der Waals surface area contributed by atoms with Crippen LogP contribution < -0.4 is 4.74 Å².